The number of carbonyl (C=O) groups is 1. The van der Waals surface area contributed by atoms with E-state index in [0.29, 0.717) is 6.54 Å². The van der Waals surface area contributed by atoms with Crippen molar-refractivity contribution in [1.82, 2.24) is 19.8 Å². The van der Waals surface area contributed by atoms with Crippen LogP contribution in [0.25, 0.3) is 0 Å². The number of nitrogens with zero attached hydrogens (tertiary/aromatic N) is 3. The Morgan fingerprint density at radius 3 is 3.04 bits per heavy atom. The molecule has 1 N–H and O–H groups in total. The second-order valence-electron chi connectivity index (χ2n) is 6.30. The fourth-order valence-electron chi connectivity index (χ4n) is 3.31. The van der Waals surface area contributed by atoms with Crippen molar-refractivity contribution in [2.45, 2.75) is 45.1 Å². The van der Waals surface area contributed by atoms with E-state index in [4.69, 9.17) is 0 Å². The summed E-state index contributed by atoms with van der Waals surface area (Å²) < 4.78 is 2.12. The van der Waals surface area contributed by atoms with Crippen molar-refractivity contribution in [1.29, 1.82) is 0 Å². The number of hydrogen-bond acceptors (Lipinski definition) is 3. The standard InChI is InChI=1S/C18H26N4OS/c1-3-14-13-20-17(24-14)9-10-19-18(23)22-12-5-4-7-16(22)15-8-6-11-21(15)2/h6,8,11,13,16H,3-5,7,9-10,12H2,1-2H3,(H,19,23)/t16-/m0/s1. The third-order valence-corrected chi connectivity index (χ3v) is 5.86. The molecule has 6 heteroatoms. The van der Waals surface area contributed by atoms with Crippen molar-refractivity contribution in [3.05, 3.63) is 40.1 Å². The van der Waals surface area contributed by atoms with Gasteiger partial charge in [0.05, 0.1) is 11.0 Å². The zero-order chi connectivity index (χ0) is 16.9. The van der Waals surface area contributed by atoms with Crippen molar-refractivity contribution in [2.75, 3.05) is 13.1 Å². The minimum atomic E-state index is 0.0492. The smallest absolute Gasteiger partial charge is 0.317 e. The summed E-state index contributed by atoms with van der Waals surface area (Å²) in [6.07, 6.45) is 9.12. The van der Waals surface area contributed by atoms with E-state index >= 15 is 0 Å². The Bertz CT molecular complexity index is 678. The molecule has 2 aromatic rings. The molecule has 0 aromatic carbocycles. The minimum absolute atomic E-state index is 0.0492. The molecule has 1 aliphatic rings. The Kier molecular flexibility index (Phi) is 5.56. The van der Waals surface area contributed by atoms with E-state index in [0.717, 1.165) is 37.2 Å². The number of rotatable bonds is 5. The fraction of sp³-hybridized carbons (Fsp3) is 0.556. The van der Waals surface area contributed by atoms with Crippen LogP contribution < -0.4 is 5.32 Å². The molecule has 1 fully saturated rings. The van der Waals surface area contributed by atoms with Crippen molar-refractivity contribution in [3.8, 4) is 0 Å². The van der Waals surface area contributed by atoms with Gasteiger partial charge in [0.2, 0.25) is 0 Å². The Morgan fingerprint density at radius 2 is 2.33 bits per heavy atom. The second kappa shape index (κ2) is 7.83. The Hall–Kier alpha value is -1.82. The largest absolute Gasteiger partial charge is 0.353 e. The fourth-order valence-corrected chi connectivity index (χ4v) is 4.17. The molecule has 0 aliphatic carbocycles. The summed E-state index contributed by atoms with van der Waals surface area (Å²) in [6.45, 7) is 3.61. The van der Waals surface area contributed by atoms with Crippen LogP contribution in [0.1, 0.15) is 47.8 Å². The zero-order valence-electron chi connectivity index (χ0n) is 14.5. The summed E-state index contributed by atoms with van der Waals surface area (Å²) in [6, 6.07) is 4.41. The Labute approximate surface area is 147 Å². The van der Waals surface area contributed by atoms with Gasteiger partial charge in [-0.25, -0.2) is 9.78 Å². The van der Waals surface area contributed by atoms with E-state index in [-0.39, 0.29) is 12.1 Å². The lowest BCUT2D eigenvalue weighted by Crippen LogP contribution is -2.45. The normalized spacial score (nSPS) is 17.9. The maximum Gasteiger partial charge on any atom is 0.317 e. The lowest BCUT2D eigenvalue weighted by Gasteiger charge is -2.36. The summed E-state index contributed by atoms with van der Waals surface area (Å²) >= 11 is 1.74. The van der Waals surface area contributed by atoms with Crippen LogP contribution >= 0.6 is 11.3 Å². The van der Waals surface area contributed by atoms with E-state index in [2.05, 4.69) is 27.9 Å². The van der Waals surface area contributed by atoms with Crippen LogP contribution in [-0.4, -0.2) is 33.6 Å². The van der Waals surface area contributed by atoms with Crippen LogP contribution in [0.4, 0.5) is 4.79 Å². The Balaban J connectivity index is 1.57. The van der Waals surface area contributed by atoms with Crippen molar-refractivity contribution in [3.63, 3.8) is 0 Å². The number of urea groups is 1. The van der Waals surface area contributed by atoms with Gasteiger partial charge in [0, 0.05) is 49.5 Å². The average Bonchev–Trinajstić information content (AvgIpc) is 3.23. The monoisotopic (exact) mass is 346 g/mol. The molecule has 130 valence electrons. The van der Waals surface area contributed by atoms with E-state index < -0.39 is 0 Å². The van der Waals surface area contributed by atoms with Crippen LogP contribution in [0.3, 0.4) is 0 Å². The van der Waals surface area contributed by atoms with Crippen LogP contribution in [0.5, 0.6) is 0 Å². The molecular formula is C18H26N4OS. The van der Waals surface area contributed by atoms with Gasteiger partial charge in [-0.1, -0.05) is 6.92 Å². The van der Waals surface area contributed by atoms with E-state index in [9.17, 15) is 4.79 Å². The van der Waals surface area contributed by atoms with Crippen molar-refractivity contribution in [2.24, 2.45) is 7.05 Å². The summed E-state index contributed by atoms with van der Waals surface area (Å²) in [4.78, 5) is 20.4. The molecule has 0 spiro atoms. The van der Waals surface area contributed by atoms with Gasteiger partial charge in [0.1, 0.15) is 0 Å². The number of aryl methyl sites for hydroxylation is 2. The number of likely N-dealkylation sites (tertiary alicyclic amines) is 1. The van der Waals surface area contributed by atoms with Gasteiger partial charge in [0.15, 0.2) is 0 Å². The number of piperidine rings is 1. The molecule has 2 amide bonds. The molecule has 0 bridgehead atoms. The molecular weight excluding hydrogens is 320 g/mol. The van der Waals surface area contributed by atoms with Crippen molar-refractivity contribution >= 4 is 17.4 Å². The highest BCUT2D eigenvalue weighted by molar-refractivity contribution is 7.11. The predicted octanol–water partition coefficient (Wildman–Crippen LogP) is 3.52. The van der Waals surface area contributed by atoms with Crippen molar-refractivity contribution < 1.29 is 4.79 Å². The summed E-state index contributed by atoms with van der Waals surface area (Å²) in [5, 5.41) is 4.19. The van der Waals surface area contributed by atoms with Crippen LogP contribution in [-0.2, 0) is 19.9 Å². The first kappa shape index (κ1) is 17.0. The van der Waals surface area contributed by atoms with Gasteiger partial charge in [-0.15, -0.1) is 11.3 Å². The van der Waals surface area contributed by atoms with Gasteiger partial charge in [-0.3, -0.25) is 0 Å². The summed E-state index contributed by atoms with van der Waals surface area (Å²) in [5.74, 6) is 0. The number of thiazole rings is 1. The highest BCUT2D eigenvalue weighted by Crippen LogP contribution is 2.30. The molecule has 0 unspecified atom stereocenters. The zero-order valence-corrected chi connectivity index (χ0v) is 15.3. The highest BCUT2D eigenvalue weighted by Gasteiger charge is 2.29. The number of aromatic nitrogens is 2. The van der Waals surface area contributed by atoms with Crippen LogP contribution in [0.2, 0.25) is 0 Å². The number of amides is 2. The third kappa shape index (κ3) is 3.80. The maximum absolute atomic E-state index is 12.7. The molecule has 1 saturated heterocycles. The van der Waals surface area contributed by atoms with E-state index in [1.807, 2.05) is 30.4 Å². The summed E-state index contributed by atoms with van der Waals surface area (Å²) in [7, 11) is 2.05. The first-order chi connectivity index (χ1) is 11.7. The molecule has 0 radical (unpaired) electrons. The SMILES string of the molecule is CCc1cnc(CCNC(=O)N2CCCC[C@H]2c2cccn2C)s1. The topological polar surface area (TPSA) is 50.2 Å². The van der Waals surface area contributed by atoms with Gasteiger partial charge in [0.25, 0.3) is 0 Å². The molecule has 2 aromatic heterocycles. The predicted molar refractivity (Wildman–Crippen MR) is 97.3 cm³/mol. The van der Waals surface area contributed by atoms with Gasteiger partial charge in [-0.2, -0.15) is 0 Å². The third-order valence-electron chi connectivity index (χ3n) is 4.65. The quantitative estimate of drug-likeness (QED) is 0.900. The molecule has 5 nitrogen and oxygen atoms in total. The molecule has 0 saturated carbocycles. The first-order valence-electron chi connectivity index (χ1n) is 8.78. The Morgan fingerprint density at radius 1 is 1.46 bits per heavy atom. The lowest BCUT2D eigenvalue weighted by molar-refractivity contribution is 0.148. The van der Waals surface area contributed by atoms with E-state index in [1.54, 1.807) is 11.3 Å². The molecule has 1 aliphatic heterocycles. The van der Waals surface area contributed by atoms with E-state index in [1.165, 1.54) is 17.0 Å². The molecule has 24 heavy (non-hydrogen) atoms. The number of hydrogen-bond donors (Lipinski definition) is 1. The lowest BCUT2D eigenvalue weighted by atomic mass is 10.00. The minimum Gasteiger partial charge on any atom is -0.353 e. The number of carbonyl (C=O) groups excluding carboxylic acids is 1. The van der Waals surface area contributed by atoms with Crippen LogP contribution in [0, 0.1) is 0 Å². The first-order valence-corrected chi connectivity index (χ1v) is 9.60. The maximum atomic E-state index is 12.7. The number of nitrogens with one attached hydrogen (secondary N) is 1. The van der Waals surface area contributed by atoms with Gasteiger partial charge < -0.3 is 14.8 Å². The van der Waals surface area contributed by atoms with Gasteiger partial charge in [-0.05, 0) is 37.8 Å². The highest BCUT2D eigenvalue weighted by atomic mass is 32.1. The van der Waals surface area contributed by atoms with Gasteiger partial charge >= 0.3 is 6.03 Å². The average molecular weight is 346 g/mol. The molecule has 3 rings (SSSR count). The summed E-state index contributed by atoms with van der Waals surface area (Å²) in [5.41, 5.74) is 1.22. The van der Waals surface area contributed by atoms with Crippen LogP contribution in [0.15, 0.2) is 24.5 Å². The second-order valence-corrected chi connectivity index (χ2v) is 7.50. The molecule has 1 atom stereocenters. The molecule has 3 heterocycles.